The molecule has 0 radical (unpaired) electrons. The van der Waals surface area contributed by atoms with Crippen LogP contribution in [0.1, 0.15) is 97.8 Å². The van der Waals surface area contributed by atoms with E-state index >= 15 is 0 Å². The van der Waals surface area contributed by atoms with Gasteiger partial charge in [0.25, 0.3) is 0 Å². The first-order chi connectivity index (χ1) is 19.0. The fourth-order valence-electron chi connectivity index (χ4n) is 3.86. The number of benzene rings is 2. The minimum Gasteiger partial charge on any atom is -0.462 e. The number of phosphoric acid groups is 1. The summed E-state index contributed by atoms with van der Waals surface area (Å²) in [6.07, 6.45) is 10.7. The molecule has 0 aliphatic carbocycles. The molecule has 0 bridgehead atoms. The summed E-state index contributed by atoms with van der Waals surface area (Å²) in [5.41, 5.74) is 1.13. The Morgan fingerprint density at radius 3 is 1.18 bits per heavy atom. The third-order valence-corrected chi connectivity index (χ3v) is 7.09. The van der Waals surface area contributed by atoms with Crippen LogP contribution >= 0.6 is 7.82 Å². The van der Waals surface area contributed by atoms with Crippen LogP contribution in [0.3, 0.4) is 0 Å². The maximum absolute atomic E-state index is 12.0. The van der Waals surface area contributed by atoms with E-state index in [4.69, 9.17) is 18.5 Å². The largest absolute Gasteiger partial charge is 0.472 e. The number of carbonyl (C=O) groups excluding carboxylic acids is 2. The summed E-state index contributed by atoms with van der Waals surface area (Å²) in [5, 5.41) is 0. The van der Waals surface area contributed by atoms with Gasteiger partial charge >= 0.3 is 19.8 Å². The van der Waals surface area contributed by atoms with Crippen molar-refractivity contribution < 1.29 is 37.6 Å². The Hall–Kier alpha value is -2.51. The van der Waals surface area contributed by atoms with Crippen molar-refractivity contribution in [3.63, 3.8) is 0 Å². The van der Waals surface area contributed by atoms with Crippen LogP contribution in [0.25, 0.3) is 0 Å². The van der Waals surface area contributed by atoms with Crippen LogP contribution in [0.5, 0.6) is 0 Å². The number of unbranched alkanes of at least 4 members (excludes halogenated alkanes) is 10. The predicted molar refractivity (Wildman–Crippen MR) is 151 cm³/mol. The van der Waals surface area contributed by atoms with Gasteiger partial charge in [0.05, 0.1) is 37.6 Å². The molecule has 0 saturated heterocycles. The van der Waals surface area contributed by atoms with Gasteiger partial charge in [0.1, 0.15) is 0 Å². The van der Waals surface area contributed by atoms with Crippen LogP contribution in [-0.2, 0) is 23.1 Å². The molecule has 39 heavy (non-hydrogen) atoms. The second-order valence-corrected chi connectivity index (χ2v) is 10.8. The Morgan fingerprint density at radius 2 is 0.821 bits per heavy atom. The van der Waals surface area contributed by atoms with Gasteiger partial charge in [0, 0.05) is 0 Å². The zero-order valence-electron chi connectivity index (χ0n) is 22.8. The average Bonchev–Trinajstić information content (AvgIpc) is 2.95. The molecule has 0 saturated carbocycles. The highest BCUT2D eigenvalue weighted by molar-refractivity contribution is 7.47. The molecular weight excluding hydrogens is 519 g/mol. The first kappa shape index (κ1) is 32.7. The highest BCUT2D eigenvalue weighted by atomic mass is 31.2. The second kappa shape index (κ2) is 20.4. The third-order valence-electron chi connectivity index (χ3n) is 6.07. The van der Waals surface area contributed by atoms with E-state index in [9.17, 15) is 19.0 Å². The van der Waals surface area contributed by atoms with Gasteiger partial charge < -0.3 is 14.4 Å². The Kier molecular flexibility index (Phi) is 17.1. The quantitative estimate of drug-likeness (QED) is 0.0892. The molecule has 9 heteroatoms. The molecule has 2 rings (SSSR count). The van der Waals surface area contributed by atoms with Gasteiger partial charge in [-0.1, -0.05) is 87.8 Å². The van der Waals surface area contributed by atoms with Gasteiger partial charge in [-0.15, -0.1) is 0 Å². The van der Waals surface area contributed by atoms with Crippen molar-refractivity contribution in [2.24, 2.45) is 0 Å². The molecule has 2 aromatic rings. The van der Waals surface area contributed by atoms with Crippen LogP contribution in [0, 0.1) is 0 Å². The predicted octanol–water partition coefficient (Wildman–Crippen LogP) is 7.52. The highest BCUT2D eigenvalue weighted by Gasteiger charge is 2.20. The van der Waals surface area contributed by atoms with E-state index in [-0.39, 0.29) is 25.2 Å². The molecule has 0 heterocycles. The van der Waals surface area contributed by atoms with Crippen molar-refractivity contribution in [3.05, 3.63) is 71.8 Å². The van der Waals surface area contributed by atoms with Gasteiger partial charge in [-0.05, 0) is 49.9 Å². The topological polar surface area (TPSA) is 108 Å². The summed E-state index contributed by atoms with van der Waals surface area (Å²) in [4.78, 5) is 33.5. The molecule has 0 unspecified atom stereocenters. The molecule has 216 valence electrons. The summed E-state index contributed by atoms with van der Waals surface area (Å²) in [6.45, 7) is 1.21. The number of rotatable bonds is 22. The molecule has 0 aliphatic heterocycles. The molecule has 0 amide bonds. The van der Waals surface area contributed by atoms with Gasteiger partial charge in [-0.2, -0.15) is 0 Å². The zero-order valence-corrected chi connectivity index (χ0v) is 23.7. The number of ether oxygens (including phenoxy) is 2. The van der Waals surface area contributed by atoms with E-state index in [1.54, 1.807) is 24.3 Å². The lowest BCUT2D eigenvalue weighted by Crippen LogP contribution is -2.06. The first-order valence-electron chi connectivity index (χ1n) is 14.0. The number of carbonyl (C=O) groups is 2. The van der Waals surface area contributed by atoms with Gasteiger partial charge in [0.2, 0.25) is 0 Å². The lowest BCUT2D eigenvalue weighted by atomic mass is 10.1. The first-order valence-corrected chi connectivity index (χ1v) is 15.5. The smallest absolute Gasteiger partial charge is 0.462 e. The van der Waals surface area contributed by atoms with E-state index in [0.717, 1.165) is 64.2 Å². The minimum atomic E-state index is -4.00. The van der Waals surface area contributed by atoms with Crippen LogP contribution < -0.4 is 0 Å². The number of hydrogen-bond donors (Lipinski definition) is 1. The van der Waals surface area contributed by atoms with E-state index < -0.39 is 7.82 Å². The Balaban J connectivity index is 1.32. The van der Waals surface area contributed by atoms with Gasteiger partial charge in [0.15, 0.2) is 0 Å². The second-order valence-electron chi connectivity index (χ2n) is 9.38. The molecular formula is C30H43O8P. The van der Waals surface area contributed by atoms with Crippen molar-refractivity contribution in [1.29, 1.82) is 0 Å². The molecule has 0 fully saturated rings. The normalized spacial score (nSPS) is 11.3. The maximum Gasteiger partial charge on any atom is 0.472 e. The summed E-state index contributed by atoms with van der Waals surface area (Å²) in [5.74, 6) is -0.585. The van der Waals surface area contributed by atoms with E-state index in [1.807, 2.05) is 36.4 Å². The zero-order chi connectivity index (χ0) is 28.0. The summed E-state index contributed by atoms with van der Waals surface area (Å²) in [7, 11) is -4.00. The maximum atomic E-state index is 12.0. The highest BCUT2D eigenvalue weighted by Crippen LogP contribution is 2.43. The summed E-state index contributed by atoms with van der Waals surface area (Å²) < 4.78 is 32.6. The molecule has 0 aromatic heterocycles. The van der Waals surface area contributed by atoms with Gasteiger partial charge in [-0.25, -0.2) is 14.2 Å². The number of phosphoric ester groups is 1. The third kappa shape index (κ3) is 16.3. The van der Waals surface area contributed by atoms with Crippen molar-refractivity contribution in [1.82, 2.24) is 0 Å². The Morgan fingerprint density at radius 1 is 0.513 bits per heavy atom. The number of esters is 2. The lowest BCUT2D eigenvalue weighted by molar-refractivity contribution is 0.0488. The molecule has 0 atom stereocenters. The SMILES string of the molecule is O=C(OCCCCCCCCOP(=O)(O)OCCCCCCCCOC(=O)c1ccccc1)c1ccccc1. The van der Waals surface area contributed by atoms with Crippen molar-refractivity contribution in [3.8, 4) is 0 Å². The summed E-state index contributed by atoms with van der Waals surface area (Å²) >= 11 is 0. The average molecular weight is 563 g/mol. The van der Waals surface area contributed by atoms with E-state index in [1.165, 1.54) is 0 Å². The van der Waals surface area contributed by atoms with Crippen molar-refractivity contribution in [2.75, 3.05) is 26.4 Å². The molecule has 8 nitrogen and oxygen atoms in total. The molecule has 1 N–H and O–H groups in total. The van der Waals surface area contributed by atoms with Crippen LogP contribution in [-0.4, -0.2) is 43.3 Å². The van der Waals surface area contributed by atoms with Gasteiger partial charge in [-0.3, -0.25) is 9.05 Å². The Labute approximate surface area is 232 Å². The van der Waals surface area contributed by atoms with Crippen molar-refractivity contribution >= 4 is 19.8 Å². The molecule has 0 aliphatic rings. The monoisotopic (exact) mass is 562 g/mol. The molecule has 0 spiro atoms. The number of hydrogen-bond acceptors (Lipinski definition) is 7. The fourth-order valence-corrected chi connectivity index (χ4v) is 4.66. The van der Waals surface area contributed by atoms with E-state index in [2.05, 4.69) is 0 Å². The van der Waals surface area contributed by atoms with Crippen LogP contribution in [0.2, 0.25) is 0 Å². The minimum absolute atomic E-state index is 0.192. The van der Waals surface area contributed by atoms with Crippen molar-refractivity contribution in [2.45, 2.75) is 77.0 Å². The lowest BCUT2D eigenvalue weighted by Gasteiger charge is -2.12. The summed E-state index contributed by atoms with van der Waals surface area (Å²) in [6, 6.07) is 17.9. The van der Waals surface area contributed by atoms with E-state index in [0.29, 0.717) is 37.2 Å². The Bertz CT molecular complexity index is 892. The molecule has 2 aromatic carbocycles. The standard InChI is InChI=1S/C30H43O8P/c31-29(27-19-11-9-12-20-27)35-23-15-5-1-3-7-17-25-37-39(33,34)38-26-18-8-4-2-6-16-24-36-30(32)28-21-13-10-14-22-28/h9-14,19-22H,1-8,15-18,23-26H2,(H,33,34). The fraction of sp³-hybridized carbons (Fsp3) is 0.533. The van der Waals surface area contributed by atoms with Crippen LogP contribution in [0.4, 0.5) is 0 Å². The van der Waals surface area contributed by atoms with Crippen LogP contribution in [0.15, 0.2) is 60.7 Å².